The van der Waals surface area contributed by atoms with Crippen LogP contribution in [0.25, 0.3) is 0 Å². The molecule has 0 aromatic rings. The Morgan fingerprint density at radius 3 is 0.714 bits per heavy atom. The first-order chi connectivity index (χ1) is 5.20. The molecule has 0 aliphatic carbocycles. The molecule has 0 amide bonds. The molecule has 0 fully saturated rings. The van der Waals surface area contributed by atoms with Crippen molar-refractivity contribution >= 4 is 17.4 Å². The summed E-state index contributed by atoms with van der Waals surface area (Å²) < 4.78 is 0. The van der Waals surface area contributed by atoms with Crippen LogP contribution in [0.4, 0.5) is 0 Å². The first-order valence-electron chi connectivity index (χ1n) is 1.70. The Balaban J connectivity index is -0.0000000270. The lowest BCUT2D eigenvalue weighted by molar-refractivity contribution is -0.742. The van der Waals surface area contributed by atoms with Crippen molar-refractivity contribution in [2.24, 2.45) is 0 Å². The fourth-order valence-corrected chi connectivity index (χ4v) is 0. The Hall–Kier alpha value is -1.91. The largest absolute Gasteiger partial charge is 0.344 e. The van der Waals surface area contributed by atoms with E-state index >= 15 is 0 Å². The molecule has 0 aromatic heterocycles. The van der Waals surface area contributed by atoms with Crippen molar-refractivity contribution in [3.63, 3.8) is 0 Å². The predicted octanol–water partition coefficient (Wildman–Crippen LogP) is -2.06. The van der Waals surface area contributed by atoms with Gasteiger partial charge in [-0.05, 0) is 0 Å². The highest BCUT2D eigenvalue weighted by Gasteiger charge is 1.66. The quantitative estimate of drug-likeness (QED) is 0.204. The summed E-state index contributed by atoms with van der Waals surface area (Å²) in [5, 5.41) is 40.9. The molecule has 0 radical (unpaired) electrons. The molecular weight excluding hydrogens is 227 g/mol. The summed E-state index contributed by atoms with van der Waals surface area (Å²) in [6.45, 7) is 0. The lowest BCUT2D eigenvalue weighted by Gasteiger charge is -1.56. The van der Waals surface area contributed by atoms with Gasteiger partial charge < -0.3 is 21.8 Å². The molecule has 14 heavy (non-hydrogen) atoms. The van der Waals surface area contributed by atoms with Crippen molar-refractivity contribution < 1.29 is 30.9 Å². The molecule has 0 aliphatic heterocycles. The van der Waals surface area contributed by atoms with Gasteiger partial charge in [-0.2, -0.15) is 0 Å². The van der Waals surface area contributed by atoms with Crippen LogP contribution in [0.15, 0.2) is 0 Å². The van der Waals surface area contributed by atoms with Crippen molar-refractivity contribution in [3.8, 4) is 0 Å². The Labute approximate surface area is 85.6 Å². The summed E-state index contributed by atoms with van der Waals surface area (Å²) in [7, 11) is 0. The molecule has 13 nitrogen and oxygen atoms in total. The van der Waals surface area contributed by atoms with Gasteiger partial charge in [-0.15, -0.1) is 30.3 Å². The Morgan fingerprint density at radius 2 is 0.714 bits per heavy atom. The minimum Gasteiger partial charge on any atom is -0.344 e. The summed E-state index contributed by atoms with van der Waals surface area (Å²) in [4.78, 5) is 25.1. The maximum atomic E-state index is 8.36. The van der Waals surface area contributed by atoms with E-state index in [0.717, 1.165) is 0 Å². The van der Waals surface area contributed by atoms with E-state index in [-0.39, 0.29) is 23.5 Å². The molecule has 0 unspecified atom stereocenters. The van der Waals surface area contributed by atoms with Gasteiger partial charge in [-0.1, -0.05) is 0 Å². The normalized spacial score (nSPS) is 5.14. The van der Waals surface area contributed by atoms with E-state index < -0.39 is 15.3 Å². The average molecular weight is 236 g/mol. The third-order valence-corrected chi connectivity index (χ3v) is 0. The second-order valence-electron chi connectivity index (χ2n) is 0.714. The van der Waals surface area contributed by atoms with Crippen LogP contribution in [-0.4, -0.2) is 48.2 Å². The standard InChI is InChI=1S/Al.3HNO3.H3N.3H/c;3*2-1(3)4;;;;/h;3*(H,2,3,4);1H3;;;. The lowest BCUT2D eigenvalue weighted by atomic mass is 13.1. The summed E-state index contributed by atoms with van der Waals surface area (Å²) in [5.74, 6) is 0. The highest BCUT2D eigenvalue weighted by Crippen LogP contribution is 1.39. The Morgan fingerprint density at radius 1 is 0.714 bits per heavy atom. The van der Waals surface area contributed by atoms with Gasteiger partial charge in [0.25, 0.3) is 15.3 Å². The topological polar surface area (TPSA) is 225 Å². The first kappa shape index (κ1) is 29.6. The monoisotopic (exact) mass is 236 g/mol. The molecule has 0 saturated carbocycles. The zero-order valence-electron chi connectivity index (χ0n) is 5.84. The highest BCUT2D eigenvalue weighted by molar-refractivity contribution is 5.75. The molecule has 14 heteroatoms. The van der Waals surface area contributed by atoms with Crippen LogP contribution in [-0.2, 0) is 0 Å². The average Bonchev–Trinajstić information content (AvgIpc) is 1.54. The van der Waals surface area contributed by atoms with Gasteiger partial charge in [0.2, 0.25) is 0 Å². The third kappa shape index (κ3) is 229. The van der Waals surface area contributed by atoms with Crippen molar-refractivity contribution in [2.45, 2.75) is 0 Å². The van der Waals surface area contributed by atoms with Gasteiger partial charge in [-0.25, -0.2) is 0 Å². The molecule has 0 heterocycles. The Kier molecular flexibility index (Phi) is 47.5. The molecule has 6 N–H and O–H groups in total. The minimum atomic E-state index is -1.50. The number of hydrogen-bond donors (Lipinski definition) is 4. The van der Waals surface area contributed by atoms with Crippen molar-refractivity contribution in [1.82, 2.24) is 6.15 Å². The summed E-state index contributed by atoms with van der Waals surface area (Å²) in [5.41, 5.74) is 0. The molecule has 0 rings (SSSR count). The van der Waals surface area contributed by atoms with Gasteiger partial charge in [0.1, 0.15) is 0 Å². The van der Waals surface area contributed by atoms with E-state index in [1.165, 1.54) is 0 Å². The number of rotatable bonds is 0. The van der Waals surface area contributed by atoms with E-state index in [4.69, 9.17) is 46.0 Å². The summed E-state index contributed by atoms with van der Waals surface area (Å²) >= 11 is 0. The number of nitrogens with zero attached hydrogens (tertiary/aromatic N) is 3. The maximum Gasteiger partial charge on any atom is 0.291 e. The van der Waals surface area contributed by atoms with Crippen LogP contribution in [0, 0.1) is 30.3 Å². The molecule has 0 spiro atoms. The van der Waals surface area contributed by atoms with Crippen LogP contribution >= 0.6 is 0 Å². The lowest BCUT2D eigenvalue weighted by Crippen LogP contribution is -1.81. The van der Waals surface area contributed by atoms with E-state index in [1.54, 1.807) is 0 Å². The van der Waals surface area contributed by atoms with Gasteiger partial charge in [0.15, 0.2) is 17.4 Å². The first-order valence-corrected chi connectivity index (χ1v) is 1.70. The molecule has 0 saturated heterocycles. The minimum absolute atomic E-state index is 0. The van der Waals surface area contributed by atoms with Crippen LogP contribution in [0.5, 0.6) is 0 Å². The zero-order valence-corrected chi connectivity index (χ0v) is 5.84. The fourth-order valence-electron chi connectivity index (χ4n) is 0. The van der Waals surface area contributed by atoms with Crippen LogP contribution in [0.2, 0.25) is 0 Å². The SMILES string of the molecule is N.O=[N+]([O-])O.O=[N+]([O-])O.O=[N+]([O-])O.[AlH3]. The second-order valence-corrected chi connectivity index (χ2v) is 0.714. The van der Waals surface area contributed by atoms with Gasteiger partial charge in [0, 0.05) is 0 Å². The molecule has 0 bridgehead atoms. The molecule has 0 aromatic carbocycles. The van der Waals surface area contributed by atoms with Gasteiger partial charge in [-0.3, -0.25) is 0 Å². The van der Waals surface area contributed by atoms with Crippen molar-refractivity contribution in [2.75, 3.05) is 0 Å². The van der Waals surface area contributed by atoms with Gasteiger partial charge >= 0.3 is 0 Å². The Bertz CT molecular complexity index is 114. The summed E-state index contributed by atoms with van der Waals surface area (Å²) in [6, 6.07) is 0. The smallest absolute Gasteiger partial charge is 0.291 e. The molecular formula is H9AlN4O9. The van der Waals surface area contributed by atoms with E-state index in [2.05, 4.69) is 0 Å². The predicted molar refractivity (Wildman–Crippen MR) is 41.3 cm³/mol. The molecule has 86 valence electrons. The van der Waals surface area contributed by atoms with E-state index in [0.29, 0.717) is 0 Å². The van der Waals surface area contributed by atoms with Gasteiger partial charge in [0.05, 0.1) is 0 Å². The third-order valence-electron chi connectivity index (χ3n) is 0. The van der Waals surface area contributed by atoms with Crippen molar-refractivity contribution in [1.29, 1.82) is 0 Å². The van der Waals surface area contributed by atoms with E-state index in [9.17, 15) is 0 Å². The summed E-state index contributed by atoms with van der Waals surface area (Å²) in [6.07, 6.45) is 0. The molecule has 0 aliphatic rings. The second kappa shape index (κ2) is 22.5. The number of hydrogen-bond acceptors (Lipinski definition) is 7. The van der Waals surface area contributed by atoms with Crippen LogP contribution in [0.1, 0.15) is 0 Å². The highest BCUT2D eigenvalue weighted by atomic mass is 27.0. The zero-order chi connectivity index (χ0) is 10.7. The molecule has 0 atom stereocenters. The van der Waals surface area contributed by atoms with Crippen molar-refractivity contribution in [3.05, 3.63) is 30.3 Å². The van der Waals surface area contributed by atoms with E-state index in [1.807, 2.05) is 0 Å². The fraction of sp³-hybridized carbons (Fsp3) is 0. The van der Waals surface area contributed by atoms with Crippen LogP contribution in [0.3, 0.4) is 0 Å². The van der Waals surface area contributed by atoms with Crippen LogP contribution < -0.4 is 6.15 Å². The maximum absolute atomic E-state index is 8.36.